The van der Waals surface area contributed by atoms with E-state index in [-0.39, 0.29) is 23.4 Å². The Bertz CT molecular complexity index is 720. The number of carbonyl (C=O) groups excluding carboxylic acids is 1. The maximum Gasteiger partial charge on any atom is 0.222 e. The second-order valence-corrected chi connectivity index (χ2v) is 6.61. The predicted molar refractivity (Wildman–Crippen MR) is 91.8 cm³/mol. The molecule has 132 valence electrons. The van der Waals surface area contributed by atoms with Gasteiger partial charge in [0.15, 0.2) is 17.2 Å². The number of terminal acetylenes is 1. The molecule has 0 bridgehead atoms. The lowest BCUT2D eigenvalue weighted by Gasteiger charge is -2.18. The Labute approximate surface area is 147 Å². The van der Waals surface area contributed by atoms with Gasteiger partial charge >= 0.3 is 0 Å². The van der Waals surface area contributed by atoms with Gasteiger partial charge < -0.3 is 9.64 Å². The summed E-state index contributed by atoms with van der Waals surface area (Å²) in [6, 6.07) is 5.02. The number of rotatable bonds is 7. The highest BCUT2D eigenvalue weighted by molar-refractivity contribution is 5.76. The fourth-order valence-electron chi connectivity index (χ4n) is 3.33. The minimum Gasteiger partial charge on any atom is -0.494 e. The number of carbonyl (C=O) groups is 1. The zero-order chi connectivity index (χ0) is 17.9. The van der Waals surface area contributed by atoms with Gasteiger partial charge in [-0.1, -0.05) is 6.07 Å². The SMILES string of the molecule is C#CCCC1(CCC(=O)N2CC[C@H](c3ccc(OC)c(F)c3)C2)N=N1. The third-order valence-electron chi connectivity index (χ3n) is 4.98. The molecular formula is C19H22FN3O2. The van der Waals surface area contributed by atoms with Crippen molar-refractivity contribution in [3.63, 3.8) is 0 Å². The Balaban J connectivity index is 1.51. The molecule has 5 nitrogen and oxygen atoms in total. The predicted octanol–water partition coefficient (Wildman–Crippen LogP) is 3.51. The van der Waals surface area contributed by atoms with Gasteiger partial charge in [-0.25, -0.2) is 4.39 Å². The number of hydrogen-bond donors (Lipinski definition) is 0. The Morgan fingerprint density at radius 1 is 1.48 bits per heavy atom. The third-order valence-corrected chi connectivity index (χ3v) is 4.98. The second kappa shape index (κ2) is 7.22. The van der Waals surface area contributed by atoms with Crippen molar-refractivity contribution in [2.24, 2.45) is 10.2 Å². The summed E-state index contributed by atoms with van der Waals surface area (Å²) in [4.78, 5) is 14.3. The molecule has 0 radical (unpaired) electrons. The summed E-state index contributed by atoms with van der Waals surface area (Å²) in [5.41, 5.74) is 0.492. The number of methoxy groups -OCH3 is 1. The van der Waals surface area contributed by atoms with E-state index in [1.807, 2.05) is 11.0 Å². The van der Waals surface area contributed by atoms with Crippen molar-refractivity contribution in [2.45, 2.75) is 43.7 Å². The maximum atomic E-state index is 13.9. The summed E-state index contributed by atoms with van der Waals surface area (Å²) in [5.74, 6) is 2.73. The molecule has 2 aliphatic heterocycles. The van der Waals surface area contributed by atoms with E-state index >= 15 is 0 Å². The highest BCUT2D eigenvalue weighted by Gasteiger charge is 2.40. The Hall–Kier alpha value is -2.42. The van der Waals surface area contributed by atoms with Crippen LogP contribution in [-0.2, 0) is 4.79 Å². The molecule has 1 amide bonds. The fraction of sp³-hybridized carbons (Fsp3) is 0.526. The molecular weight excluding hydrogens is 321 g/mol. The monoisotopic (exact) mass is 343 g/mol. The van der Waals surface area contributed by atoms with Crippen molar-refractivity contribution in [3.05, 3.63) is 29.6 Å². The number of likely N-dealkylation sites (tertiary alicyclic amines) is 1. The molecule has 3 rings (SSSR count). The van der Waals surface area contributed by atoms with E-state index in [0.29, 0.717) is 38.8 Å². The first kappa shape index (κ1) is 17.4. The lowest BCUT2D eigenvalue weighted by Crippen LogP contribution is -2.29. The summed E-state index contributed by atoms with van der Waals surface area (Å²) in [6.07, 6.45) is 8.49. The Kier molecular flexibility index (Phi) is 5.03. The number of benzene rings is 1. The van der Waals surface area contributed by atoms with Crippen LogP contribution in [0.1, 0.15) is 43.6 Å². The fourth-order valence-corrected chi connectivity index (χ4v) is 3.33. The summed E-state index contributed by atoms with van der Waals surface area (Å²) < 4.78 is 18.8. The average Bonchev–Trinajstić information content (AvgIpc) is 3.22. The van der Waals surface area contributed by atoms with Crippen molar-refractivity contribution >= 4 is 5.91 Å². The first-order valence-electron chi connectivity index (χ1n) is 8.55. The summed E-state index contributed by atoms with van der Waals surface area (Å²) in [6.45, 7) is 1.32. The van der Waals surface area contributed by atoms with E-state index in [0.717, 1.165) is 12.0 Å². The van der Waals surface area contributed by atoms with E-state index in [4.69, 9.17) is 11.2 Å². The molecule has 0 unspecified atom stereocenters. The van der Waals surface area contributed by atoms with Crippen LogP contribution in [-0.4, -0.2) is 36.7 Å². The minimum atomic E-state index is -0.416. The normalized spacial score (nSPS) is 20.4. The highest BCUT2D eigenvalue weighted by Crippen LogP contribution is 2.38. The lowest BCUT2D eigenvalue weighted by atomic mass is 9.98. The van der Waals surface area contributed by atoms with E-state index < -0.39 is 5.66 Å². The van der Waals surface area contributed by atoms with E-state index in [1.165, 1.54) is 13.2 Å². The molecule has 1 saturated heterocycles. The number of hydrogen-bond acceptors (Lipinski definition) is 4. The quantitative estimate of drug-likeness (QED) is 0.712. The second-order valence-electron chi connectivity index (χ2n) is 6.61. The minimum absolute atomic E-state index is 0.105. The Morgan fingerprint density at radius 2 is 2.28 bits per heavy atom. The first-order chi connectivity index (χ1) is 12.1. The highest BCUT2D eigenvalue weighted by atomic mass is 19.1. The van der Waals surface area contributed by atoms with Crippen LogP contribution in [0.3, 0.4) is 0 Å². The molecule has 0 spiro atoms. The lowest BCUT2D eigenvalue weighted by molar-refractivity contribution is -0.130. The largest absolute Gasteiger partial charge is 0.494 e. The molecule has 1 fully saturated rings. The summed E-state index contributed by atoms with van der Waals surface area (Å²) in [5, 5.41) is 8.13. The van der Waals surface area contributed by atoms with Crippen LogP contribution >= 0.6 is 0 Å². The molecule has 25 heavy (non-hydrogen) atoms. The van der Waals surface area contributed by atoms with Gasteiger partial charge in [-0.15, -0.1) is 12.3 Å². The maximum absolute atomic E-state index is 13.9. The molecule has 0 aromatic heterocycles. The standard InChI is InChI=1S/C19H22FN3O2/c1-3-4-9-19(21-22-19)10-7-18(24)23-11-8-15(13-23)14-5-6-17(25-2)16(20)12-14/h1,5-6,12,15H,4,7-11,13H2,2H3/t15-/m0/s1. The zero-order valence-corrected chi connectivity index (χ0v) is 14.4. The van der Waals surface area contributed by atoms with E-state index in [2.05, 4.69) is 16.1 Å². The van der Waals surface area contributed by atoms with Crippen LogP contribution in [0.2, 0.25) is 0 Å². The first-order valence-corrected chi connectivity index (χ1v) is 8.55. The summed E-state index contributed by atoms with van der Waals surface area (Å²) in [7, 11) is 1.45. The molecule has 1 aromatic rings. The van der Waals surface area contributed by atoms with Crippen molar-refractivity contribution in [2.75, 3.05) is 20.2 Å². The van der Waals surface area contributed by atoms with Gasteiger partial charge in [0.25, 0.3) is 0 Å². The molecule has 2 aliphatic rings. The van der Waals surface area contributed by atoms with Crippen LogP contribution in [0.5, 0.6) is 5.75 Å². The van der Waals surface area contributed by atoms with Gasteiger partial charge in [-0.2, -0.15) is 10.2 Å². The number of amides is 1. The zero-order valence-electron chi connectivity index (χ0n) is 14.4. The molecule has 6 heteroatoms. The summed E-state index contributed by atoms with van der Waals surface area (Å²) >= 11 is 0. The van der Waals surface area contributed by atoms with Gasteiger partial charge in [0.2, 0.25) is 5.91 Å². The van der Waals surface area contributed by atoms with Crippen LogP contribution in [0.25, 0.3) is 0 Å². The van der Waals surface area contributed by atoms with Crippen LogP contribution in [0.4, 0.5) is 4.39 Å². The van der Waals surface area contributed by atoms with Crippen molar-refractivity contribution in [1.82, 2.24) is 4.90 Å². The van der Waals surface area contributed by atoms with E-state index in [1.54, 1.807) is 6.07 Å². The topological polar surface area (TPSA) is 54.3 Å². The average molecular weight is 343 g/mol. The van der Waals surface area contributed by atoms with Crippen molar-refractivity contribution < 1.29 is 13.9 Å². The molecule has 0 saturated carbocycles. The molecule has 0 aliphatic carbocycles. The molecule has 2 heterocycles. The van der Waals surface area contributed by atoms with Gasteiger partial charge in [-0.05, 0) is 24.1 Å². The molecule has 0 N–H and O–H groups in total. The van der Waals surface area contributed by atoms with Gasteiger partial charge in [-0.3, -0.25) is 4.79 Å². The van der Waals surface area contributed by atoms with E-state index in [9.17, 15) is 9.18 Å². The number of nitrogens with zero attached hydrogens (tertiary/aromatic N) is 3. The van der Waals surface area contributed by atoms with Crippen molar-refractivity contribution in [3.8, 4) is 18.1 Å². The van der Waals surface area contributed by atoms with Gasteiger partial charge in [0.1, 0.15) is 0 Å². The Morgan fingerprint density at radius 3 is 2.92 bits per heavy atom. The molecule has 1 atom stereocenters. The van der Waals surface area contributed by atoms with Gasteiger partial charge in [0.05, 0.1) is 7.11 Å². The van der Waals surface area contributed by atoms with Gasteiger partial charge in [0, 0.05) is 44.7 Å². The van der Waals surface area contributed by atoms with Crippen LogP contribution in [0.15, 0.2) is 28.4 Å². The number of halogens is 1. The van der Waals surface area contributed by atoms with Crippen molar-refractivity contribution in [1.29, 1.82) is 0 Å². The third kappa shape index (κ3) is 3.98. The molecule has 1 aromatic carbocycles. The van der Waals surface area contributed by atoms with Crippen LogP contribution < -0.4 is 4.74 Å². The smallest absolute Gasteiger partial charge is 0.222 e. The number of ether oxygens (including phenoxy) is 1. The van der Waals surface area contributed by atoms with Crippen LogP contribution in [0, 0.1) is 18.2 Å².